The molecule has 0 spiro atoms. The Balaban J connectivity index is 1.57. The van der Waals surface area contributed by atoms with E-state index in [4.69, 9.17) is 18.6 Å². The van der Waals surface area contributed by atoms with E-state index < -0.39 is 11.7 Å². The van der Waals surface area contributed by atoms with E-state index in [0.29, 0.717) is 35.8 Å². The number of carbonyl (C=O) groups is 1. The second-order valence-corrected chi connectivity index (χ2v) is 6.90. The summed E-state index contributed by atoms with van der Waals surface area (Å²) in [6.45, 7) is 3.96. The number of amides is 1. The quantitative estimate of drug-likeness (QED) is 0.573. The van der Waals surface area contributed by atoms with Gasteiger partial charge >= 0.3 is 5.63 Å². The number of rotatable bonds is 8. The van der Waals surface area contributed by atoms with Crippen LogP contribution in [0.25, 0.3) is 11.0 Å². The molecule has 0 saturated carbocycles. The molecule has 1 unspecified atom stereocenters. The van der Waals surface area contributed by atoms with E-state index in [2.05, 4.69) is 5.32 Å². The molecule has 7 heteroatoms. The first kappa shape index (κ1) is 21.2. The van der Waals surface area contributed by atoms with Crippen molar-refractivity contribution in [2.45, 2.75) is 26.4 Å². The highest BCUT2D eigenvalue weighted by atomic mass is 16.5. The van der Waals surface area contributed by atoms with Gasteiger partial charge < -0.3 is 23.9 Å². The molecule has 1 heterocycles. The Hall–Kier alpha value is -3.48. The third-order valence-electron chi connectivity index (χ3n) is 4.77. The number of hydrogen-bond donors (Lipinski definition) is 1. The van der Waals surface area contributed by atoms with E-state index in [1.807, 2.05) is 31.2 Å². The van der Waals surface area contributed by atoms with Gasteiger partial charge in [0.2, 0.25) is 0 Å². The predicted molar refractivity (Wildman–Crippen MR) is 114 cm³/mol. The van der Waals surface area contributed by atoms with Crippen LogP contribution in [0.2, 0.25) is 0 Å². The van der Waals surface area contributed by atoms with Crippen LogP contribution in [0.5, 0.6) is 17.2 Å². The zero-order chi connectivity index (χ0) is 21.7. The molecule has 3 rings (SSSR count). The number of nitrogens with one attached hydrogen (secondary N) is 1. The number of hydrogen-bond acceptors (Lipinski definition) is 6. The zero-order valence-electron chi connectivity index (χ0n) is 17.5. The molecular weight excluding hydrogens is 386 g/mol. The summed E-state index contributed by atoms with van der Waals surface area (Å²) < 4.78 is 21.5. The summed E-state index contributed by atoms with van der Waals surface area (Å²) in [6.07, 6.45) is -0.0662. The monoisotopic (exact) mass is 411 g/mol. The van der Waals surface area contributed by atoms with E-state index in [0.717, 1.165) is 16.5 Å². The maximum Gasteiger partial charge on any atom is 0.336 e. The Bertz CT molecular complexity index is 1100. The standard InChI is InChI=1S/C23H25NO6/c1-14-11-22(25)30-20-13-17(6-7-18(14)20)29-15(2)23(26)24-10-9-16-5-8-19(27-3)21(12-16)28-4/h5-8,11-13,15H,9-10H2,1-4H3,(H,24,26). The second-order valence-electron chi connectivity index (χ2n) is 6.90. The molecule has 0 aliphatic rings. The van der Waals surface area contributed by atoms with Gasteiger partial charge in [0, 0.05) is 24.1 Å². The average molecular weight is 411 g/mol. The Kier molecular flexibility index (Phi) is 6.61. The van der Waals surface area contributed by atoms with Gasteiger partial charge in [-0.25, -0.2) is 4.79 Å². The summed E-state index contributed by atoms with van der Waals surface area (Å²) in [5.41, 5.74) is 1.85. The number of aryl methyl sites for hydroxylation is 1. The smallest absolute Gasteiger partial charge is 0.336 e. The lowest BCUT2D eigenvalue weighted by molar-refractivity contribution is -0.127. The van der Waals surface area contributed by atoms with Crippen molar-refractivity contribution in [1.82, 2.24) is 5.32 Å². The summed E-state index contributed by atoms with van der Waals surface area (Å²) >= 11 is 0. The zero-order valence-corrected chi connectivity index (χ0v) is 17.5. The third-order valence-corrected chi connectivity index (χ3v) is 4.77. The van der Waals surface area contributed by atoms with Crippen LogP contribution in [0.15, 0.2) is 51.7 Å². The van der Waals surface area contributed by atoms with E-state index >= 15 is 0 Å². The van der Waals surface area contributed by atoms with Gasteiger partial charge in [-0.1, -0.05) is 6.07 Å². The van der Waals surface area contributed by atoms with Crippen LogP contribution in [0, 0.1) is 6.92 Å². The van der Waals surface area contributed by atoms with E-state index in [1.54, 1.807) is 33.3 Å². The van der Waals surface area contributed by atoms with Gasteiger partial charge in [0.05, 0.1) is 14.2 Å². The van der Waals surface area contributed by atoms with Crippen molar-refractivity contribution < 1.29 is 23.4 Å². The Morgan fingerprint density at radius 1 is 1.07 bits per heavy atom. The van der Waals surface area contributed by atoms with Crippen LogP contribution in [0.4, 0.5) is 0 Å². The van der Waals surface area contributed by atoms with Gasteiger partial charge in [0.1, 0.15) is 11.3 Å². The molecule has 0 aliphatic heterocycles. The van der Waals surface area contributed by atoms with Crippen molar-refractivity contribution in [3.63, 3.8) is 0 Å². The Morgan fingerprint density at radius 3 is 2.57 bits per heavy atom. The fourth-order valence-corrected chi connectivity index (χ4v) is 3.15. The minimum absolute atomic E-state index is 0.235. The first-order valence-electron chi connectivity index (χ1n) is 9.61. The highest BCUT2D eigenvalue weighted by Crippen LogP contribution is 2.27. The molecule has 0 aliphatic carbocycles. The van der Waals surface area contributed by atoms with Gasteiger partial charge in [0.25, 0.3) is 5.91 Å². The topological polar surface area (TPSA) is 87.0 Å². The normalized spacial score (nSPS) is 11.7. The molecule has 0 fully saturated rings. The number of benzene rings is 2. The largest absolute Gasteiger partial charge is 0.493 e. The minimum atomic E-state index is -0.704. The molecule has 2 aromatic carbocycles. The molecule has 1 amide bonds. The summed E-state index contributed by atoms with van der Waals surface area (Å²) in [4.78, 5) is 23.9. The van der Waals surface area contributed by atoms with Crippen LogP contribution >= 0.6 is 0 Å². The fraction of sp³-hybridized carbons (Fsp3) is 0.304. The molecule has 1 N–H and O–H groups in total. The maximum absolute atomic E-state index is 12.4. The average Bonchev–Trinajstić information content (AvgIpc) is 2.73. The highest BCUT2D eigenvalue weighted by molar-refractivity contribution is 5.82. The van der Waals surface area contributed by atoms with Gasteiger partial charge in [-0.3, -0.25) is 4.79 Å². The van der Waals surface area contributed by atoms with Crippen LogP contribution in [0.3, 0.4) is 0 Å². The Labute approximate surface area is 174 Å². The van der Waals surface area contributed by atoms with Gasteiger partial charge in [0.15, 0.2) is 17.6 Å². The highest BCUT2D eigenvalue weighted by Gasteiger charge is 2.15. The van der Waals surface area contributed by atoms with Gasteiger partial charge in [-0.05, 0) is 55.7 Å². The summed E-state index contributed by atoms with van der Waals surface area (Å²) in [5, 5.41) is 3.69. The molecule has 1 aromatic heterocycles. The van der Waals surface area contributed by atoms with Crippen molar-refractivity contribution in [2.24, 2.45) is 0 Å². The van der Waals surface area contributed by atoms with Crippen molar-refractivity contribution in [3.05, 3.63) is 64.0 Å². The van der Waals surface area contributed by atoms with E-state index in [1.165, 1.54) is 6.07 Å². The molecule has 0 saturated heterocycles. The molecule has 0 bridgehead atoms. The van der Waals surface area contributed by atoms with Gasteiger partial charge in [-0.2, -0.15) is 0 Å². The SMILES string of the molecule is COc1ccc(CCNC(=O)C(C)Oc2ccc3c(C)cc(=O)oc3c2)cc1OC. The molecule has 7 nitrogen and oxygen atoms in total. The number of fused-ring (bicyclic) bond motifs is 1. The second kappa shape index (κ2) is 9.35. The number of methoxy groups -OCH3 is 2. The van der Waals surface area contributed by atoms with Crippen molar-refractivity contribution in [2.75, 3.05) is 20.8 Å². The lowest BCUT2D eigenvalue weighted by Gasteiger charge is -2.15. The lowest BCUT2D eigenvalue weighted by Crippen LogP contribution is -2.37. The number of ether oxygens (including phenoxy) is 3. The van der Waals surface area contributed by atoms with Crippen molar-refractivity contribution in [3.8, 4) is 17.2 Å². The summed E-state index contributed by atoms with van der Waals surface area (Å²) in [6, 6.07) is 12.3. The van der Waals surface area contributed by atoms with Crippen LogP contribution in [-0.2, 0) is 11.2 Å². The summed E-state index contributed by atoms with van der Waals surface area (Å²) in [7, 11) is 3.17. The molecule has 0 radical (unpaired) electrons. The molecule has 30 heavy (non-hydrogen) atoms. The first-order chi connectivity index (χ1) is 14.4. The predicted octanol–water partition coefficient (Wildman–Crippen LogP) is 3.24. The first-order valence-corrected chi connectivity index (χ1v) is 9.61. The molecule has 1 atom stereocenters. The Morgan fingerprint density at radius 2 is 1.83 bits per heavy atom. The van der Waals surface area contributed by atoms with Gasteiger partial charge in [-0.15, -0.1) is 0 Å². The lowest BCUT2D eigenvalue weighted by atomic mass is 10.1. The minimum Gasteiger partial charge on any atom is -0.493 e. The van der Waals surface area contributed by atoms with Crippen molar-refractivity contribution >= 4 is 16.9 Å². The molecular formula is C23H25NO6. The third kappa shape index (κ3) is 4.92. The maximum atomic E-state index is 12.4. The molecule has 3 aromatic rings. The van der Waals surface area contributed by atoms with Crippen LogP contribution in [0.1, 0.15) is 18.1 Å². The fourth-order valence-electron chi connectivity index (χ4n) is 3.15. The van der Waals surface area contributed by atoms with E-state index in [9.17, 15) is 9.59 Å². The molecule has 158 valence electrons. The number of carbonyl (C=O) groups excluding carboxylic acids is 1. The van der Waals surface area contributed by atoms with Crippen LogP contribution in [-0.4, -0.2) is 32.8 Å². The summed E-state index contributed by atoms with van der Waals surface area (Å²) in [5.74, 6) is 1.53. The van der Waals surface area contributed by atoms with Crippen molar-refractivity contribution in [1.29, 1.82) is 0 Å². The van der Waals surface area contributed by atoms with Crippen LogP contribution < -0.4 is 25.2 Å². The van der Waals surface area contributed by atoms with E-state index in [-0.39, 0.29) is 5.91 Å².